The van der Waals surface area contributed by atoms with E-state index in [1.54, 1.807) is 0 Å². The van der Waals surface area contributed by atoms with Crippen LogP contribution < -0.4 is 5.32 Å². The standard InChI is InChI=1S/C43H79NO13/c1-2-3-4-5-6-7-8-9-10-11-15-19-46-21-23-48-25-27-50-29-31-52-33-35-54-37-39-56-40-38-55-36-34-53-32-30-51-28-26-49-24-22-47-20-18-44-43(45)57-41-42-16-13-12-14-17-42/h12-14,16-17H,2-11,15,18-41H2,1H3,(H,44,45). The first kappa shape index (κ1) is 53.1. The van der Waals surface area contributed by atoms with Crippen LogP contribution in [0.4, 0.5) is 4.79 Å². The smallest absolute Gasteiger partial charge is 0.407 e. The fraction of sp³-hybridized carbons (Fsp3) is 0.837. The van der Waals surface area contributed by atoms with Crippen LogP contribution in [-0.4, -0.2) is 158 Å². The molecule has 0 aromatic heterocycles. The van der Waals surface area contributed by atoms with Crippen molar-refractivity contribution in [2.24, 2.45) is 0 Å². The van der Waals surface area contributed by atoms with E-state index in [9.17, 15) is 4.79 Å². The Morgan fingerprint density at radius 3 is 1.04 bits per heavy atom. The average molecular weight is 818 g/mol. The topological polar surface area (TPSA) is 140 Å². The van der Waals surface area contributed by atoms with Gasteiger partial charge in [-0.2, -0.15) is 0 Å². The zero-order valence-electron chi connectivity index (χ0n) is 35.4. The Hall–Kier alpha value is -1.95. The molecule has 0 aliphatic rings. The molecule has 14 nitrogen and oxygen atoms in total. The number of benzene rings is 1. The van der Waals surface area contributed by atoms with Crippen LogP contribution in [0.15, 0.2) is 30.3 Å². The number of unbranched alkanes of at least 4 members (excludes halogenated alkanes) is 10. The fourth-order valence-corrected chi connectivity index (χ4v) is 5.17. The van der Waals surface area contributed by atoms with E-state index in [-0.39, 0.29) is 6.61 Å². The molecule has 1 amide bonds. The van der Waals surface area contributed by atoms with Crippen LogP contribution >= 0.6 is 0 Å². The van der Waals surface area contributed by atoms with Crippen molar-refractivity contribution in [3.8, 4) is 0 Å². The number of hydrogen-bond acceptors (Lipinski definition) is 13. The lowest BCUT2D eigenvalue weighted by Crippen LogP contribution is -2.28. The summed E-state index contributed by atoms with van der Waals surface area (Å²) in [5, 5.41) is 2.65. The van der Waals surface area contributed by atoms with Crippen molar-refractivity contribution >= 4 is 6.09 Å². The Morgan fingerprint density at radius 2 is 0.684 bits per heavy atom. The zero-order chi connectivity index (χ0) is 40.6. The third-order valence-electron chi connectivity index (χ3n) is 8.34. The number of rotatable bonds is 47. The van der Waals surface area contributed by atoms with Crippen molar-refractivity contribution < 1.29 is 61.6 Å². The van der Waals surface area contributed by atoms with Gasteiger partial charge in [0.15, 0.2) is 0 Å². The Bertz CT molecular complexity index is 918. The summed E-state index contributed by atoms with van der Waals surface area (Å²) in [6, 6.07) is 9.52. The number of hydrogen-bond donors (Lipinski definition) is 1. The van der Waals surface area contributed by atoms with E-state index >= 15 is 0 Å². The molecule has 334 valence electrons. The molecule has 0 heterocycles. The van der Waals surface area contributed by atoms with E-state index in [1.165, 1.54) is 64.2 Å². The summed E-state index contributed by atoms with van der Waals surface area (Å²) in [7, 11) is 0. The SMILES string of the molecule is CCCCCCCCCCCCCOCCOCCOCCOCCOCCOCCOCCOCCOCCOCCOCCNC(=O)OCc1ccccc1. The highest BCUT2D eigenvalue weighted by molar-refractivity contribution is 5.67. The van der Waals surface area contributed by atoms with Crippen molar-refractivity contribution in [1.29, 1.82) is 0 Å². The number of amides is 1. The number of alkyl carbamates (subject to hydrolysis) is 1. The highest BCUT2D eigenvalue weighted by Gasteiger charge is 2.02. The fourth-order valence-electron chi connectivity index (χ4n) is 5.17. The lowest BCUT2D eigenvalue weighted by Gasteiger charge is -2.09. The molecule has 0 saturated heterocycles. The van der Waals surface area contributed by atoms with Crippen LogP contribution in [0.1, 0.15) is 83.1 Å². The maximum Gasteiger partial charge on any atom is 0.407 e. The van der Waals surface area contributed by atoms with Crippen LogP contribution in [0.5, 0.6) is 0 Å². The molecule has 0 saturated carbocycles. The minimum atomic E-state index is -0.467. The van der Waals surface area contributed by atoms with Crippen LogP contribution in [0, 0.1) is 0 Å². The molecule has 1 rings (SSSR count). The molecular formula is C43H79NO13. The van der Waals surface area contributed by atoms with Gasteiger partial charge in [-0.25, -0.2) is 4.79 Å². The molecule has 14 heteroatoms. The van der Waals surface area contributed by atoms with E-state index in [0.717, 1.165) is 18.6 Å². The second kappa shape index (κ2) is 46.7. The molecular weight excluding hydrogens is 738 g/mol. The molecule has 0 aliphatic heterocycles. The largest absolute Gasteiger partial charge is 0.445 e. The summed E-state index contributed by atoms with van der Waals surface area (Å²) in [6.45, 7) is 14.4. The van der Waals surface area contributed by atoms with Gasteiger partial charge in [0.25, 0.3) is 0 Å². The Balaban J connectivity index is 1.61. The number of carbonyl (C=O) groups excluding carboxylic acids is 1. The zero-order valence-corrected chi connectivity index (χ0v) is 35.4. The van der Waals surface area contributed by atoms with Crippen LogP contribution in [0.2, 0.25) is 0 Å². The predicted octanol–water partition coefficient (Wildman–Crippen LogP) is 6.41. The van der Waals surface area contributed by atoms with Crippen molar-refractivity contribution in [3.63, 3.8) is 0 Å². The van der Waals surface area contributed by atoms with E-state index in [2.05, 4.69) is 12.2 Å². The molecule has 0 bridgehead atoms. The summed E-state index contributed by atoms with van der Waals surface area (Å²) in [4.78, 5) is 11.7. The summed E-state index contributed by atoms with van der Waals surface area (Å²) in [5.41, 5.74) is 0.939. The van der Waals surface area contributed by atoms with Gasteiger partial charge in [-0.1, -0.05) is 101 Å². The average Bonchev–Trinajstić information content (AvgIpc) is 3.23. The van der Waals surface area contributed by atoms with Gasteiger partial charge < -0.3 is 62.2 Å². The van der Waals surface area contributed by atoms with Gasteiger partial charge in [-0.3, -0.25) is 0 Å². The molecule has 1 N–H and O–H groups in total. The molecule has 1 aromatic rings. The third kappa shape index (κ3) is 43.5. The molecule has 0 radical (unpaired) electrons. The quantitative estimate of drug-likeness (QED) is 0.0726. The first-order valence-electron chi connectivity index (χ1n) is 21.6. The van der Waals surface area contributed by atoms with Gasteiger partial charge in [0.2, 0.25) is 0 Å². The second-order valence-corrected chi connectivity index (χ2v) is 13.3. The minimum absolute atomic E-state index is 0.239. The van der Waals surface area contributed by atoms with Crippen molar-refractivity contribution in [2.75, 3.05) is 152 Å². The van der Waals surface area contributed by atoms with Crippen molar-refractivity contribution in [2.45, 2.75) is 84.2 Å². The number of nitrogens with one attached hydrogen (secondary N) is 1. The highest BCUT2D eigenvalue weighted by Crippen LogP contribution is 2.11. The first-order valence-corrected chi connectivity index (χ1v) is 21.6. The van der Waals surface area contributed by atoms with E-state index < -0.39 is 6.09 Å². The molecule has 0 atom stereocenters. The normalized spacial score (nSPS) is 11.4. The van der Waals surface area contributed by atoms with Gasteiger partial charge in [0.05, 0.1) is 139 Å². The molecule has 0 spiro atoms. The maximum absolute atomic E-state index is 11.7. The van der Waals surface area contributed by atoms with Crippen LogP contribution in [-0.2, 0) is 63.4 Å². The van der Waals surface area contributed by atoms with E-state index in [1.807, 2.05) is 30.3 Å². The summed E-state index contributed by atoms with van der Waals surface area (Å²) in [6.07, 6.45) is 14.4. The van der Waals surface area contributed by atoms with Crippen molar-refractivity contribution in [1.82, 2.24) is 5.32 Å². The minimum Gasteiger partial charge on any atom is -0.445 e. The van der Waals surface area contributed by atoms with E-state index in [0.29, 0.717) is 145 Å². The molecule has 1 aromatic carbocycles. The summed E-state index contributed by atoms with van der Waals surface area (Å²) < 4.78 is 65.8. The third-order valence-corrected chi connectivity index (χ3v) is 8.34. The van der Waals surface area contributed by atoms with E-state index in [4.69, 9.17) is 56.8 Å². The molecule has 0 unspecified atom stereocenters. The van der Waals surface area contributed by atoms with Gasteiger partial charge in [-0.05, 0) is 12.0 Å². The van der Waals surface area contributed by atoms with Gasteiger partial charge in [0.1, 0.15) is 6.61 Å². The van der Waals surface area contributed by atoms with Gasteiger partial charge in [-0.15, -0.1) is 0 Å². The molecule has 0 aliphatic carbocycles. The second-order valence-electron chi connectivity index (χ2n) is 13.3. The maximum atomic E-state index is 11.7. The summed E-state index contributed by atoms with van der Waals surface area (Å²) in [5.74, 6) is 0. The predicted molar refractivity (Wildman–Crippen MR) is 220 cm³/mol. The Labute approximate surface area is 344 Å². The number of ether oxygens (including phenoxy) is 12. The Kier molecular flexibility index (Phi) is 43.5. The lowest BCUT2D eigenvalue weighted by atomic mass is 10.1. The highest BCUT2D eigenvalue weighted by atomic mass is 16.6. The monoisotopic (exact) mass is 818 g/mol. The Morgan fingerprint density at radius 1 is 0.386 bits per heavy atom. The van der Waals surface area contributed by atoms with Gasteiger partial charge >= 0.3 is 6.09 Å². The van der Waals surface area contributed by atoms with Crippen LogP contribution in [0.3, 0.4) is 0 Å². The number of carbonyl (C=O) groups is 1. The summed E-state index contributed by atoms with van der Waals surface area (Å²) >= 11 is 0. The molecule has 57 heavy (non-hydrogen) atoms. The first-order chi connectivity index (χ1) is 28.3. The lowest BCUT2D eigenvalue weighted by molar-refractivity contribution is -0.0275. The molecule has 0 fully saturated rings. The van der Waals surface area contributed by atoms with Crippen LogP contribution in [0.25, 0.3) is 0 Å². The van der Waals surface area contributed by atoms with Crippen molar-refractivity contribution in [3.05, 3.63) is 35.9 Å². The van der Waals surface area contributed by atoms with Gasteiger partial charge in [0, 0.05) is 13.2 Å².